The minimum absolute atomic E-state index is 0.588. The molecule has 1 atom stereocenters. The van der Waals surface area contributed by atoms with Crippen molar-refractivity contribution in [2.75, 3.05) is 0 Å². The highest BCUT2D eigenvalue weighted by Crippen LogP contribution is 1.98. The van der Waals surface area contributed by atoms with Gasteiger partial charge in [0, 0.05) is 0 Å². The number of hydrogen-bond donors (Lipinski definition) is 1. The molecule has 50 valence electrons. The lowest BCUT2D eigenvalue weighted by molar-refractivity contribution is -0.167. The monoisotopic (exact) mass is 131 g/mol. The topological polar surface area (TPSA) is 64.6 Å². The number of hydroxylamine groups is 1. The third-order valence-corrected chi connectivity index (χ3v) is 0.851. The highest BCUT2D eigenvalue weighted by molar-refractivity contribution is 5.82. The van der Waals surface area contributed by atoms with E-state index in [-0.39, 0.29) is 0 Å². The summed E-state index contributed by atoms with van der Waals surface area (Å²) in [5.41, 5.74) is 1.75. The maximum atomic E-state index is 10.4. The first-order chi connectivity index (χ1) is 4.20. The molecule has 1 amide bonds. The maximum Gasteiger partial charge on any atom is 0.441 e. The Hall–Kier alpha value is -1.26. The van der Waals surface area contributed by atoms with Gasteiger partial charge in [-0.15, -0.1) is 5.48 Å². The molecule has 0 saturated carbocycles. The first-order valence-electron chi connectivity index (χ1n) is 2.37. The van der Waals surface area contributed by atoms with Crippen molar-refractivity contribution in [3.8, 4) is 0 Å². The van der Waals surface area contributed by atoms with Gasteiger partial charge in [-0.05, 0) is 6.92 Å². The summed E-state index contributed by atoms with van der Waals surface area (Å²) < 4.78 is 4.37. The van der Waals surface area contributed by atoms with Crippen LogP contribution in [-0.4, -0.2) is 18.2 Å². The summed E-state index contributed by atoms with van der Waals surface area (Å²) in [7, 11) is 0. The molecule has 0 radical (unpaired) electrons. The molecule has 0 aromatic carbocycles. The summed E-state index contributed by atoms with van der Waals surface area (Å²) in [6, 6.07) is 0. The van der Waals surface area contributed by atoms with E-state index >= 15 is 0 Å². The van der Waals surface area contributed by atoms with Crippen LogP contribution in [0, 0.1) is 0 Å². The Morgan fingerprint density at radius 1 is 1.56 bits per heavy atom. The molecule has 0 aromatic heterocycles. The second kappa shape index (κ2) is 1.93. The van der Waals surface area contributed by atoms with Gasteiger partial charge < -0.3 is 9.57 Å². The van der Waals surface area contributed by atoms with Gasteiger partial charge in [-0.3, -0.25) is 0 Å². The zero-order valence-corrected chi connectivity index (χ0v) is 4.71. The van der Waals surface area contributed by atoms with Gasteiger partial charge in [-0.1, -0.05) is 0 Å². The Labute approximate surface area is 50.9 Å². The number of carbonyl (C=O) groups excluding carboxylic acids is 2. The number of amides is 1. The van der Waals surface area contributed by atoms with Gasteiger partial charge in [0.05, 0.1) is 0 Å². The highest BCUT2D eigenvalue weighted by Gasteiger charge is 2.25. The van der Waals surface area contributed by atoms with E-state index in [1.54, 1.807) is 5.48 Å². The quantitative estimate of drug-likeness (QED) is 0.484. The second-order valence-corrected chi connectivity index (χ2v) is 1.57. The van der Waals surface area contributed by atoms with Crippen molar-refractivity contribution < 1.29 is 19.2 Å². The number of cyclic esters (lactones) is 1. The van der Waals surface area contributed by atoms with Gasteiger partial charge in [0.25, 0.3) is 0 Å². The van der Waals surface area contributed by atoms with E-state index in [0.29, 0.717) is 0 Å². The van der Waals surface area contributed by atoms with Gasteiger partial charge >= 0.3 is 12.1 Å². The van der Waals surface area contributed by atoms with Crippen LogP contribution < -0.4 is 5.48 Å². The van der Waals surface area contributed by atoms with Crippen LogP contribution in [0.25, 0.3) is 0 Å². The summed E-state index contributed by atoms with van der Waals surface area (Å²) in [5, 5.41) is 0. The molecule has 1 aliphatic rings. The zero-order valence-electron chi connectivity index (χ0n) is 4.71. The largest absolute Gasteiger partial charge is 0.441 e. The van der Waals surface area contributed by atoms with Crippen molar-refractivity contribution in [1.82, 2.24) is 5.48 Å². The summed E-state index contributed by atoms with van der Waals surface area (Å²) in [4.78, 5) is 24.7. The summed E-state index contributed by atoms with van der Waals surface area (Å²) in [6.45, 7) is 1.43. The van der Waals surface area contributed by atoms with Gasteiger partial charge in [-0.2, -0.15) is 0 Å². The fraction of sp³-hybridized carbons (Fsp3) is 0.500. The molecule has 5 nitrogen and oxygen atoms in total. The van der Waals surface area contributed by atoms with Crippen LogP contribution in [0.15, 0.2) is 0 Å². The van der Waals surface area contributed by atoms with Crippen molar-refractivity contribution >= 4 is 12.1 Å². The minimum atomic E-state index is -0.793. The Morgan fingerprint density at radius 2 is 2.22 bits per heavy atom. The SMILES string of the molecule is CC1OC(=O)NOC1=O. The van der Waals surface area contributed by atoms with E-state index < -0.39 is 18.2 Å². The standard InChI is InChI=1S/C4H5NO4/c1-2-3(6)9-5-4(7)8-2/h2H,1H3,(H,5,7). The molecule has 1 aliphatic heterocycles. The lowest BCUT2D eigenvalue weighted by Crippen LogP contribution is -2.42. The number of nitrogens with one attached hydrogen (secondary N) is 1. The summed E-state index contributed by atoms with van der Waals surface area (Å²) in [6.07, 6.45) is -1.53. The summed E-state index contributed by atoms with van der Waals surface area (Å²) in [5.74, 6) is -0.588. The van der Waals surface area contributed by atoms with Gasteiger partial charge in [0.15, 0.2) is 0 Å². The molecule has 0 aromatic rings. The average Bonchev–Trinajstić information content (AvgIpc) is 1.80. The van der Waals surface area contributed by atoms with E-state index in [9.17, 15) is 9.59 Å². The number of rotatable bonds is 0. The highest BCUT2D eigenvalue weighted by atomic mass is 16.8. The first-order valence-corrected chi connectivity index (χ1v) is 2.37. The van der Waals surface area contributed by atoms with E-state index in [1.807, 2.05) is 0 Å². The number of carbonyl (C=O) groups is 2. The minimum Gasteiger partial charge on any atom is -0.432 e. The van der Waals surface area contributed by atoms with E-state index in [4.69, 9.17) is 0 Å². The number of ether oxygens (including phenoxy) is 1. The Morgan fingerprint density at radius 3 is 2.67 bits per heavy atom. The van der Waals surface area contributed by atoms with Crippen molar-refractivity contribution in [3.63, 3.8) is 0 Å². The molecular formula is C4H5NO4. The molecule has 1 heterocycles. The second-order valence-electron chi connectivity index (χ2n) is 1.57. The third kappa shape index (κ3) is 1.10. The molecule has 9 heavy (non-hydrogen) atoms. The molecular weight excluding hydrogens is 126 g/mol. The van der Waals surface area contributed by atoms with Crippen LogP contribution >= 0.6 is 0 Å². The molecule has 1 saturated heterocycles. The van der Waals surface area contributed by atoms with Gasteiger partial charge in [0.1, 0.15) is 0 Å². The average molecular weight is 131 g/mol. The van der Waals surface area contributed by atoms with Crippen molar-refractivity contribution in [1.29, 1.82) is 0 Å². The molecule has 1 unspecified atom stereocenters. The third-order valence-electron chi connectivity index (χ3n) is 0.851. The molecule has 1 fully saturated rings. The fourth-order valence-corrected chi connectivity index (χ4v) is 0.408. The molecule has 5 heteroatoms. The van der Waals surface area contributed by atoms with Crippen molar-refractivity contribution in [2.24, 2.45) is 0 Å². The van der Waals surface area contributed by atoms with Crippen LogP contribution in [0.1, 0.15) is 6.92 Å². The van der Waals surface area contributed by atoms with E-state index in [1.165, 1.54) is 6.92 Å². The fourth-order valence-electron chi connectivity index (χ4n) is 0.408. The van der Waals surface area contributed by atoms with Crippen LogP contribution in [0.4, 0.5) is 4.79 Å². The molecule has 0 spiro atoms. The van der Waals surface area contributed by atoms with Crippen molar-refractivity contribution in [3.05, 3.63) is 0 Å². The number of hydrogen-bond acceptors (Lipinski definition) is 4. The first kappa shape index (κ1) is 5.87. The van der Waals surface area contributed by atoms with Crippen molar-refractivity contribution in [2.45, 2.75) is 13.0 Å². The smallest absolute Gasteiger partial charge is 0.432 e. The van der Waals surface area contributed by atoms with Crippen LogP contribution in [0.5, 0.6) is 0 Å². The van der Waals surface area contributed by atoms with Gasteiger partial charge in [-0.25, -0.2) is 9.59 Å². The van der Waals surface area contributed by atoms with Crippen LogP contribution in [0.2, 0.25) is 0 Å². The molecule has 0 aliphatic carbocycles. The lowest BCUT2D eigenvalue weighted by Gasteiger charge is -2.16. The van der Waals surface area contributed by atoms with Gasteiger partial charge in [0.2, 0.25) is 6.10 Å². The maximum absolute atomic E-state index is 10.4. The van der Waals surface area contributed by atoms with Crippen LogP contribution in [-0.2, 0) is 14.4 Å². The van der Waals surface area contributed by atoms with Crippen LogP contribution in [0.3, 0.4) is 0 Å². The Kier molecular flexibility index (Phi) is 1.26. The predicted octanol–water partition coefficient (Wildman–Crippen LogP) is -0.427. The molecule has 0 bridgehead atoms. The lowest BCUT2D eigenvalue weighted by atomic mass is 10.4. The Bertz CT molecular complexity index is 155. The Balaban J connectivity index is 2.54. The normalized spacial score (nSPS) is 26.1. The molecule has 1 rings (SSSR count). The van der Waals surface area contributed by atoms with E-state index in [0.717, 1.165) is 0 Å². The zero-order chi connectivity index (χ0) is 6.85. The molecule has 1 N–H and O–H groups in total. The predicted molar refractivity (Wildman–Crippen MR) is 25.2 cm³/mol. The van der Waals surface area contributed by atoms with E-state index in [2.05, 4.69) is 9.57 Å². The summed E-state index contributed by atoms with van der Waals surface area (Å²) >= 11 is 0.